The number of rotatable bonds is 2. The zero-order valence-electron chi connectivity index (χ0n) is 12.9. The summed E-state index contributed by atoms with van der Waals surface area (Å²) in [4.78, 5) is 16.2. The third-order valence-electron chi connectivity index (χ3n) is 3.64. The van der Waals surface area contributed by atoms with Crippen molar-refractivity contribution in [3.05, 3.63) is 58.5 Å². The van der Waals surface area contributed by atoms with E-state index in [4.69, 9.17) is 0 Å². The molecule has 0 atom stereocenters. The summed E-state index contributed by atoms with van der Waals surface area (Å²) in [6.07, 6.45) is -4.74. The monoisotopic (exact) mass is 334 g/mol. The van der Waals surface area contributed by atoms with Crippen LogP contribution in [-0.4, -0.2) is 15.9 Å². The molecule has 24 heavy (non-hydrogen) atoms. The Labute approximate surface area is 135 Å². The molecule has 0 unspecified atom stereocenters. The summed E-state index contributed by atoms with van der Waals surface area (Å²) >= 11 is 0. The lowest BCUT2D eigenvalue weighted by atomic mass is 10.0. The highest BCUT2D eigenvalue weighted by Gasteiger charge is 2.31. The minimum Gasteiger partial charge on any atom is -0.406 e. The number of ether oxygens (including phenoxy) is 1. The minimum absolute atomic E-state index is 0.184. The van der Waals surface area contributed by atoms with Crippen LogP contribution >= 0.6 is 0 Å². The molecule has 0 fully saturated rings. The molecule has 1 aromatic heterocycles. The molecule has 0 spiro atoms. The molecule has 0 aliphatic heterocycles. The second-order valence-corrected chi connectivity index (χ2v) is 5.34. The van der Waals surface area contributed by atoms with Crippen molar-refractivity contribution in [2.24, 2.45) is 7.05 Å². The summed E-state index contributed by atoms with van der Waals surface area (Å²) in [5.74, 6) is -0.287. The van der Waals surface area contributed by atoms with Crippen LogP contribution in [0, 0.1) is 6.92 Å². The molecule has 0 bridgehead atoms. The number of aromatic nitrogens is 2. The molecule has 4 nitrogen and oxygen atoms in total. The van der Waals surface area contributed by atoms with E-state index in [1.54, 1.807) is 38.2 Å². The van der Waals surface area contributed by atoms with Gasteiger partial charge >= 0.3 is 6.36 Å². The first kappa shape index (κ1) is 16.0. The number of hydrogen-bond acceptors (Lipinski definition) is 3. The zero-order valence-corrected chi connectivity index (χ0v) is 12.9. The predicted molar refractivity (Wildman–Crippen MR) is 83.8 cm³/mol. The first-order chi connectivity index (χ1) is 11.2. The molecule has 3 rings (SSSR count). The molecule has 124 valence electrons. The van der Waals surface area contributed by atoms with E-state index in [2.05, 4.69) is 9.72 Å². The third kappa shape index (κ3) is 3.10. The van der Waals surface area contributed by atoms with E-state index in [9.17, 15) is 18.0 Å². The fourth-order valence-corrected chi connectivity index (χ4v) is 2.53. The van der Waals surface area contributed by atoms with E-state index in [1.165, 1.54) is 22.8 Å². The molecule has 0 aliphatic rings. The quantitative estimate of drug-likeness (QED) is 0.716. The van der Waals surface area contributed by atoms with Crippen LogP contribution in [0.25, 0.3) is 22.2 Å². The Morgan fingerprint density at radius 1 is 1.08 bits per heavy atom. The first-order valence-corrected chi connectivity index (χ1v) is 7.08. The van der Waals surface area contributed by atoms with Gasteiger partial charge in [0.2, 0.25) is 0 Å². The average molecular weight is 334 g/mol. The number of alkyl halides is 3. The summed E-state index contributed by atoms with van der Waals surface area (Å²) in [5, 5.41) is 0. The third-order valence-corrected chi connectivity index (χ3v) is 3.64. The highest BCUT2D eigenvalue weighted by molar-refractivity contribution is 5.82. The fraction of sp³-hybridized carbons (Fsp3) is 0.176. The number of benzene rings is 2. The molecule has 2 aromatic carbocycles. The molecule has 0 N–H and O–H groups in total. The average Bonchev–Trinajstić information content (AvgIpc) is 2.51. The van der Waals surface area contributed by atoms with Gasteiger partial charge in [-0.25, -0.2) is 4.98 Å². The summed E-state index contributed by atoms with van der Waals surface area (Å²) in [6, 6.07) is 10.9. The zero-order chi connectivity index (χ0) is 17.5. The van der Waals surface area contributed by atoms with Gasteiger partial charge in [-0.05, 0) is 42.3 Å². The standard InChI is InChI=1S/C17H13F3N2O2/c1-10-16(23)22(2)15-7-6-12(9-14(15)21-10)11-4-3-5-13(8-11)24-17(18,19)20/h3-9H,1-2H3. The van der Waals surface area contributed by atoms with Crippen molar-refractivity contribution in [1.29, 1.82) is 0 Å². The number of aryl methyl sites for hydroxylation is 2. The highest BCUT2D eigenvalue weighted by Crippen LogP contribution is 2.29. The molecule has 0 saturated carbocycles. The summed E-state index contributed by atoms with van der Waals surface area (Å²) in [6.45, 7) is 1.62. The SMILES string of the molecule is Cc1nc2cc(-c3cccc(OC(F)(F)F)c3)ccc2n(C)c1=O. The van der Waals surface area contributed by atoms with Gasteiger partial charge < -0.3 is 9.30 Å². The molecule has 7 heteroatoms. The molecule has 0 radical (unpaired) electrons. The first-order valence-electron chi connectivity index (χ1n) is 7.08. The van der Waals surface area contributed by atoms with Crippen LogP contribution in [0.2, 0.25) is 0 Å². The summed E-state index contributed by atoms with van der Waals surface area (Å²) in [7, 11) is 1.65. The van der Waals surface area contributed by atoms with Crippen LogP contribution in [0.5, 0.6) is 5.75 Å². The van der Waals surface area contributed by atoms with Crippen molar-refractivity contribution in [2.45, 2.75) is 13.3 Å². The number of halogens is 3. The van der Waals surface area contributed by atoms with E-state index < -0.39 is 6.36 Å². The maximum Gasteiger partial charge on any atom is 0.573 e. The van der Waals surface area contributed by atoms with E-state index in [1.807, 2.05) is 0 Å². The van der Waals surface area contributed by atoms with Crippen LogP contribution in [-0.2, 0) is 7.05 Å². The Kier molecular flexibility index (Phi) is 3.79. The largest absolute Gasteiger partial charge is 0.573 e. The van der Waals surface area contributed by atoms with Crippen LogP contribution in [0.1, 0.15) is 5.69 Å². The van der Waals surface area contributed by atoms with Gasteiger partial charge in [-0.15, -0.1) is 13.2 Å². The van der Waals surface area contributed by atoms with Crippen LogP contribution in [0.3, 0.4) is 0 Å². The van der Waals surface area contributed by atoms with Crippen molar-refractivity contribution >= 4 is 11.0 Å². The van der Waals surface area contributed by atoms with Gasteiger partial charge in [-0.3, -0.25) is 4.79 Å². The fourth-order valence-electron chi connectivity index (χ4n) is 2.53. The van der Waals surface area contributed by atoms with Crippen LogP contribution in [0.4, 0.5) is 13.2 Å². The van der Waals surface area contributed by atoms with Gasteiger partial charge in [0.15, 0.2) is 0 Å². The lowest BCUT2D eigenvalue weighted by Gasteiger charge is -2.11. The van der Waals surface area contributed by atoms with Gasteiger partial charge in [0.1, 0.15) is 11.4 Å². The second-order valence-electron chi connectivity index (χ2n) is 5.34. The lowest BCUT2D eigenvalue weighted by Crippen LogP contribution is -2.21. The van der Waals surface area contributed by atoms with Crippen LogP contribution in [0.15, 0.2) is 47.3 Å². The Balaban J connectivity index is 2.09. The Morgan fingerprint density at radius 2 is 1.79 bits per heavy atom. The van der Waals surface area contributed by atoms with Crippen molar-refractivity contribution in [3.63, 3.8) is 0 Å². The summed E-state index contributed by atoms with van der Waals surface area (Å²) < 4.78 is 42.5. The summed E-state index contributed by atoms with van der Waals surface area (Å²) in [5.41, 5.74) is 2.66. The second kappa shape index (κ2) is 5.67. The van der Waals surface area contributed by atoms with E-state index in [-0.39, 0.29) is 11.3 Å². The normalized spacial score (nSPS) is 11.7. The molecular weight excluding hydrogens is 321 g/mol. The maximum absolute atomic E-state index is 12.3. The van der Waals surface area contributed by atoms with E-state index >= 15 is 0 Å². The number of nitrogens with zero attached hydrogens (tertiary/aromatic N) is 2. The van der Waals surface area contributed by atoms with E-state index in [0.717, 1.165) is 0 Å². The molecule has 0 aliphatic carbocycles. The van der Waals surface area contributed by atoms with E-state index in [0.29, 0.717) is 27.9 Å². The lowest BCUT2D eigenvalue weighted by molar-refractivity contribution is -0.274. The molecule has 0 saturated heterocycles. The van der Waals surface area contributed by atoms with Gasteiger partial charge in [0, 0.05) is 7.05 Å². The molecule has 0 amide bonds. The Hall–Kier alpha value is -2.83. The Morgan fingerprint density at radius 3 is 2.50 bits per heavy atom. The maximum atomic E-state index is 12.3. The van der Waals surface area contributed by atoms with Crippen LogP contribution < -0.4 is 10.3 Å². The topological polar surface area (TPSA) is 44.1 Å². The van der Waals surface area contributed by atoms with Crippen molar-refractivity contribution in [2.75, 3.05) is 0 Å². The number of hydrogen-bond donors (Lipinski definition) is 0. The predicted octanol–water partition coefficient (Wildman–Crippen LogP) is 3.81. The van der Waals surface area contributed by atoms with Gasteiger partial charge in [0.05, 0.1) is 11.0 Å². The van der Waals surface area contributed by atoms with Gasteiger partial charge in [0.25, 0.3) is 5.56 Å². The van der Waals surface area contributed by atoms with Crippen molar-refractivity contribution in [1.82, 2.24) is 9.55 Å². The Bertz CT molecular complexity index is 978. The van der Waals surface area contributed by atoms with Crippen molar-refractivity contribution < 1.29 is 17.9 Å². The van der Waals surface area contributed by atoms with Gasteiger partial charge in [-0.1, -0.05) is 18.2 Å². The smallest absolute Gasteiger partial charge is 0.406 e. The highest BCUT2D eigenvalue weighted by atomic mass is 19.4. The minimum atomic E-state index is -4.74. The number of fused-ring (bicyclic) bond motifs is 1. The van der Waals surface area contributed by atoms with Gasteiger partial charge in [-0.2, -0.15) is 0 Å². The molecule has 1 heterocycles. The molecule has 3 aromatic rings. The van der Waals surface area contributed by atoms with Crippen molar-refractivity contribution in [3.8, 4) is 16.9 Å². The molecular formula is C17H13F3N2O2.